The molecule has 1 amide bonds. The number of nitrogens with one attached hydrogen (secondary N) is 2. The molecule has 0 aliphatic heterocycles. The monoisotopic (exact) mass is 315 g/mol. The van der Waals surface area contributed by atoms with Crippen molar-refractivity contribution in [2.75, 3.05) is 24.4 Å². The van der Waals surface area contributed by atoms with Crippen molar-refractivity contribution >= 4 is 17.4 Å². The summed E-state index contributed by atoms with van der Waals surface area (Å²) in [6, 6.07) is 10.4. The zero-order valence-corrected chi connectivity index (χ0v) is 13.2. The minimum Gasteiger partial charge on any atom is -0.497 e. The number of nitrogens with zero attached hydrogens (tertiary/aromatic N) is 1. The number of aromatic nitrogens is 1. The fourth-order valence-electron chi connectivity index (χ4n) is 2.01. The second-order valence-electron chi connectivity index (χ2n) is 5.05. The Morgan fingerprint density at radius 3 is 2.78 bits per heavy atom. The van der Waals surface area contributed by atoms with Gasteiger partial charge < -0.3 is 20.5 Å². The highest BCUT2D eigenvalue weighted by atomic mass is 16.5. The van der Waals surface area contributed by atoms with Crippen molar-refractivity contribution in [1.82, 2.24) is 4.98 Å². The molecule has 6 heteroatoms. The van der Waals surface area contributed by atoms with E-state index in [1.54, 1.807) is 49.7 Å². The average Bonchev–Trinajstić information content (AvgIpc) is 2.61. The smallest absolute Gasteiger partial charge is 0.255 e. The zero-order chi connectivity index (χ0) is 16.7. The first kappa shape index (κ1) is 16.8. The Labute approximate surface area is 135 Å². The van der Waals surface area contributed by atoms with Crippen LogP contribution in [0.15, 0.2) is 42.6 Å². The van der Waals surface area contributed by atoms with Crippen molar-refractivity contribution in [2.45, 2.75) is 19.4 Å². The number of anilines is 2. The molecule has 0 radical (unpaired) electrons. The van der Waals surface area contributed by atoms with Gasteiger partial charge in [-0.25, -0.2) is 4.98 Å². The lowest BCUT2D eigenvalue weighted by molar-refractivity contribution is 0.102. The lowest BCUT2D eigenvalue weighted by Crippen LogP contribution is -2.23. The molecule has 1 atom stereocenters. The Morgan fingerprint density at radius 2 is 2.17 bits per heavy atom. The van der Waals surface area contributed by atoms with Gasteiger partial charge in [0.15, 0.2) is 0 Å². The Kier molecular flexibility index (Phi) is 5.94. The van der Waals surface area contributed by atoms with Gasteiger partial charge in [-0.3, -0.25) is 4.79 Å². The van der Waals surface area contributed by atoms with Gasteiger partial charge in [0.2, 0.25) is 0 Å². The molecule has 0 bridgehead atoms. The number of aliphatic hydroxyl groups is 1. The van der Waals surface area contributed by atoms with Gasteiger partial charge in [-0.2, -0.15) is 0 Å². The second kappa shape index (κ2) is 8.14. The highest BCUT2D eigenvalue weighted by Crippen LogP contribution is 2.16. The number of amides is 1. The SMILES string of the molecule is CC[C@H](CO)Nc1ccc(NC(=O)c2cccc(OC)c2)cn1. The summed E-state index contributed by atoms with van der Waals surface area (Å²) in [4.78, 5) is 16.4. The fraction of sp³-hybridized carbons (Fsp3) is 0.294. The quantitative estimate of drug-likeness (QED) is 0.731. The molecule has 23 heavy (non-hydrogen) atoms. The largest absolute Gasteiger partial charge is 0.497 e. The Balaban J connectivity index is 2.01. The second-order valence-corrected chi connectivity index (χ2v) is 5.05. The van der Waals surface area contributed by atoms with Crippen molar-refractivity contribution in [1.29, 1.82) is 0 Å². The van der Waals surface area contributed by atoms with Crippen LogP contribution in [0.1, 0.15) is 23.7 Å². The summed E-state index contributed by atoms with van der Waals surface area (Å²) in [6.45, 7) is 2.03. The predicted octanol–water partition coefficient (Wildman–Crippen LogP) is 2.53. The van der Waals surface area contributed by atoms with E-state index in [1.807, 2.05) is 6.92 Å². The van der Waals surface area contributed by atoms with Crippen LogP contribution in [0.5, 0.6) is 5.75 Å². The first-order valence-corrected chi connectivity index (χ1v) is 7.45. The summed E-state index contributed by atoms with van der Waals surface area (Å²) in [6.07, 6.45) is 2.37. The van der Waals surface area contributed by atoms with E-state index in [0.717, 1.165) is 6.42 Å². The molecule has 0 aliphatic rings. The molecule has 3 N–H and O–H groups in total. The Bertz CT molecular complexity index is 640. The van der Waals surface area contributed by atoms with Crippen LogP contribution in [-0.2, 0) is 0 Å². The standard InChI is InChI=1S/C17H21N3O3/c1-3-13(11-21)19-16-8-7-14(10-18-16)20-17(22)12-5-4-6-15(9-12)23-2/h4-10,13,21H,3,11H2,1-2H3,(H,18,19)(H,20,22)/t13-/m1/s1. The number of methoxy groups -OCH3 is 1. The van der Waals surface area contributed by atoms with Crippen LogP contribution in [-0.4, -0.2) is 35.8 Å². The molecule has 0 saturated heterocycles. The number of carbonyl (C=O) groups is 1. The molecular formula is C17H21N3O3. The zero-order valence-electron chi connectivity index (χ0n) is 13.2. The fourth-order valence-corrected chi connectivity index (χ4v) is 2.01. The molecule has 0 aliphatic carbocycles. The van der Waals surface area contributed by atoms with Gasteiger partial charge in [-0.15, -0.1) is 0 Å². The van der Waals surface area contributed by atoms with Crippen LogP contribution in [0.2, 0.25) is 0 Å². The summed E-state index contributed by atoms with van der Waals surface area (Å²) in [7, 11) is 1.56. The molecule has 0 saturated carbocycles. The Morgan fingerprint density at radius 1 is 1.35 bits per heavy atom. The topological polar surface area (TPSA) is 83.5 Å². The van der Waals surface area contributed by atoms with E-state index in [0.29, 0.717) is 22.8 Å². The third-order valence-corrected chi connectivity index (χ3v) is 3.42. The molecule has 1 aromatic carbocycles. The predicted molar refractivity (Wildman–Crippen MR) is 90.0 cm³/mol. The van der Waals surface area contributed by atoms with Crippen LogP contribution in [0.4, 0.5) is 11.5 Å². The van der Waals surface area contributed by atoms with E-state index < -0.39 is 0 Å². The molecular weight excluding hydrogens is 294 g/mol. The highest BCUT2D eigenvalue weighted by molar-refractivity contribution is 6.04. The molecule has 1 heterocycles. The van der Waals surface area contributed by atoms with Crippen molar-refractivity contribution in [3.8, 4) is 5.75 Å². The number of carbonyl (C=O) groups excluding carboxylic acids is 1. The number of pyridine rings is 1. The minimum absolute atomic E-state index is 0.0280. The van der Waals surface area contributed by atoms with Crippen molar-refractivity contribution in [2.24, 2.45) is 0 Å². The summed E-state index contributed by atoms with van der Waals surface area (Å²) in [5.74, 6) is 1.06. The van der Waals surface area contributed by atoms with E-state index in [9.17, 15) is 9.90 Å². The number of hydrogen-bond acceptors (Lipinski definition) is 5. The third-order valence-electron chi connectivity index (χ3n) is 3.42. The van der Waals surface area contributed by atoms with Crippen molar-refractivity contribution < 1.29 is 14.6 Å². The number of aliphatic hydroxyl groups excluding tert-OH is 1. The first-order chi connectivity index (χ1) is 11.2. The van der Waals surface area contributed by atoms with Gasteiger partial charge in [0.05, 0.1) is 31.6 Å². The Hall–Kier alpha value is -2.60. The molecule has 0 spiro atoms. The summed E-state index contributed by atoms with van der Waals surface area (Å²) in [5.41, 5.74) is 1.11. The normalized spacial score (nSPS) is 11.6. The van der Waals surface area contributed by atoms with Crippen molar-refractivity contribution in [3.63, 3.8) is 0 Å². The van der Waals surface area contributed by atoms with Crippen LogP contribution < -0.4 is 15.4 Å². The lowest BCUT2D eigenvalue weighted by atomic mass is 10.2. The number of rotatable bonds is 7. The summed E-state index contributed by atoms with van der Waals surface area (Å²) < 4.78 is 5.11. The molecule has 6 nitrogen and oxygen atoms in total. The number of hydrogen-bond donors (Lipinski definition) is 3. The van der Waals surface area contributed by atoms with E-state index >= 15 is 0 Å². The summed E-state index contributed by atoms with van der Waals surface area (Å²) in [5, 5.41) is 15.1. The number of ether oxygens (including phenoxy) is 1. The van der Waals surface area contributed by atoms with Gasteiger partial charge in [-0.05, 0) is 36.8 Å². The van der Waals surface area contributed by atoms with Crippen LogP contribution >= 0.6 is 0 Å². The van der Waals surface area contributed by atoms with E-state index in [4.69, 9.17) is 4.74 Å². The molecule has 0 unspecified atom stereocenters. The first-order valence-electron chi connectivity index (χ1n) is 7.45. The molecule has 2 rings (SSSR count). The summed E-state index contributed by atoms with van der Waals surface area (Å²) >= 11 is 0. The highest BCUT2D eigenvalue weighted by Gasteiger charge is 2.08. The maximum absolute atomic E-state index is 12.2. The average molecular weight is 315 g/mol. The molecule has 0 fully saturated rings. The maximum atomic E-state index is 12.2. The van der Waals surface area contributed by atoms with Gasteiger partial charge in [0.1, 0.15) is 11.6 Å². The molecule has 2 aromatic rings. The van der Waals surface area contributed by atoms with Gasteiger partial charge >= 0.3 is 0 Å². The molecule has 1 aromatic heterocycles. The van der Waals surface area contributed by atoms with E-state index in [-0.39, 0.29) is 18.6 Å². The minimum atomic E-state index is -0.229. The van der Waals surface area contributed by atoms with Crippen LogP contribution in [0, 0.1) is 0 Å². The maximum Gasteiger partial charge on any atom is 0.255 e. The van der Waals surface area contributed by atoms with E-state index in [1.165, 1.54) is 0 Å². The van der Waals surface area contributed by atoms with Crippen LogP contribution in [0.25, 0.3) is 0 Å². The third kappa shape index (κ3) is 4.69. The molecule has 122 valence electrons. The lowest BCUT2D eigenvalue weighted by Gasteiger charge is -2.14. The van der Waals surface area contributed by atoms with Gasteiger partial charge in [0, 0.05) is 5.56 Å². The van der Waals surface area contributed by atoms with Crippen LogP contribution in [0.3, 0.4) is 0 Å². The van der Waals surface area contributed by atoms with Gasteiger partial charge in [-0.1, -0.05) is 13.0 Å². The van der Waals surface area contributed by atoms with E-state index in [2.05, 4.69) is 15.6 Å². The van der Waals surface area contributed by atoms with Crippen molar-refractivity contribution in [3.05, 3.63) is 48.2 Å². The van der Waals surface area contributed by atoms with Gasteiger partial charge in [0.25, 0.3) is 5.91 Å². The number of benzene rings is 1.